The minimum atomic E-state index is -0.0564. The molecule has 6 nitrogen and oxygen atoms in total. The Hall–Kier alpha value is -1.92. The van der Waals surface area contributed by atoms with Crippen LogP contribution in [0.2, 0.25) is 5.02 Å². The van der Waals surface area contributed by atoms with E-state index in [1.165, 1.54) is 6.33 Å². The van der Waals surface area contributed by atoms with Crippen molar-refractivity contribution in [1.29, 1.82) is 0 Å². The molecule has 7 heteroatoms. The zero-order chi connectivity index (χ0) is 15.4. The third-order valence-electron chi connectivity index (χ3n) is 3.62. The van der Waals surface area contributed by atoms with E-state index in [4.69, 9.17) is 16.3 Å². The molecule has 0 radical (unpaired) electrons. The van der Waals surface area contributed by atoms with Crippen molar-refractivity contribution in [1.82, 2.24) is 14.8 Å². The van der Waals surface area contributed by atoms with Gasteiger partial charge in [0.05, 0.1) is 17.5 Å². The second-order valence-electron chi connectivity index (χ2n) is 5.22. The highest BCUT2D eigenvalue weighted by molar-refractivity contribution is 6.31. The molecule has 1 saturated heterocycles. The van der Waals surface area contributed by atoms with Gasteiger partial charge in [-0.05, 0) is 37.5 Å². The number of nitrogens with zero attached hydrogens (tertiary/aromatic N) is 3. The van der Waals surface area contributed by atoms with E-state index in [1.54, 1.807) is 29.2 Å². The molecule has 22 heavy (non-hydrogen) atoms. The SMILES string of the molecule is O=C(CCC1CCCO1)Nc1cc(Cl)ccc1-n1cncn1. The molecule has 0 spiro atoms. The predicted molar refractivity (Wildman–Crippen MR) is 83.2 cm³/mol. The number of rotatable bonds is 5. The van der Waals surface area contributed by atoms with Crippen LogP contribution >= 0.6 is 11.6 Å². The van der Waals surface area contributed by atoms with Gasteiger partial charge in [0, 0.05) is 18.1 Å². The van der Waals surface area contributed by atoms with Crippen LogP contribution in [-0.4, -0.2) is 33.4 Å². The summed E-state index contributed by atoms with van der Waals surface area (Å²) in [6, 6.07) is 5.26. The second kappa shape index (κ2) is 6.89. The molecule has 1 amide bonds. The molecule has 116 valence electrons. The Morgan fingerprint density at radius 3 is 3.14 bits per heavy atom. The standard InChI is InChI=1S/C15H17ClN4O2/c16-11-3-5-14(20-10-17-9-18-20)13(8-11)19-15(21)6-4-12-2-1-7-22-12/h3,5,8-10,12H,1-2,4,6-7H2,(H,19,21). The van der Waals surface area contributed by atoms with Crippen molar-refractivity contribution >= 4 is 23.2 Å². The van der Waals surface area contributed by atoms with Gasteiger partial charge >= 0.3 is 0 Å². The molecule has 0 saturated carbocycles. The van der Waals surface area contributed by atoms with Gasteiger partial charge in [-0.1, -0.05) is 11.6 Å². The molecule has 1 N–H and O–H groups in total. The molecule has 2 heterocycles. The fraction of sp³-hybridized carbons (Fsp3) is 0.400. The number of ether oxygens (including phenoxy) is 1. The third kappa shape index (κ3) is 3.64. The van der Waals surface area contributed by atoms with Crippen LogP contribution in [0.15, 0.2) is 30.9 Å². The summed E-state index contributed by atoms with van der Waals surface area (Å²) in [5.41, 5.74) is 1.35. The molecule has 1 aliphatic rings. The molecular weight excluding hydrogens is 304 g/mol. The molecule has 1 aromatic carbocycles. The zero-order valence-electron chi connectivity index (χ0n) is 12.0. The van der Waals surface area contributed by atoms with Crippen molar-refractivity contribution in [2.75, 3.05) is 11.9 Å². The molecule has 3 rings (SSSR count). The zero-order valence-corrected chi connectivity index (χ0v) is 12.8. The molecule has 0 aliphatic carbocycles. The lowest BCUT2D eigenvalue weighted by Gasteiger charge is -2.12. The van der Waals surface area contributed by atoms with Gasteiger partial charge in [0.15, 0.2) is 0 Å². The van der Waals surface area contributed by atoms with Crippen molar-refractivity contribution in [3.8, 4) is 5.69 Å². The van der Waals surface area contributed by atoms with E-state index in [1.807, 2.05) is 0 Å². The first kappa shape index (κ1) is 15.0. The number of hydrogen-bond donors (Lipinski definition) is 1. The van der Waals surface area contributed by atoms with Gasteiger partial charge in [0.1, 0.15) is 12.7 Å². The van der Waals surface area contributed by atoms with E-state index in [0.717, 1.165) is 31.6 Å². The Bertz CT molecular complexity index is 639. The monoisotopic (exact) mass is 320 g/mol. The van der Waals surface area contributed by atoms with Gasteiger partial charge in [-0.2, -0.15) is 5.10 Å². The fourth-order valence-electron chi connectivity index (χ4n) is 2.52. The molecule has 1 unspecified atom stereocenters. The van der Waals surface area contributed by atoms with Crippen LogP contribution in [0.5, 0.6) is 0 Å². The van der Waals surface area contributed by atoms with Crippen molar-refractivity contribution in [3.05, 3.63) is 35.9 Å². The Morgan fingerprint density at radius 2 is 2.41 bits per heavy atom. The van der Waals surface area contributed by atoms with Crippen LogP contribution in [0.4, 0.5) is 5.69 Å². The molecule has 1 aliphatic heterocycles. The number of amides is 1. The smallest absolute Gasteiger partial charge is 0.224 e. The first-order chi connectivity index (χ1) is 10.7. The molecule has 1 fully saturated rings. The number of aromatic nitrogens is 3. The Labute approximate surface area is 133 Å². The van der Waals surface area contributed by atoms with Crippen LogP contribution in [0, 0.1) is 0 Å². The van der Waals surface area contributed by atoms with Gasteiger partial charge in [-0.15, -0.1) is 0 Å². The van der Waals surface area contributed by atoms with Crippen LogP contribution in [0.25, 0.3) is 5.69 Å². The first-order valence-corrected chi connectivity index (χ1v) is 7.66. The molecule has 2 aromatic rings. The summed E-state index contributed by atoms with van der Waals surface area (Å²) in [7, 11) is 0. The Kier molecular flexibility index (Phi) is 4.70. The van der Waals surface area contributed by atoms with Crippen molar-refractivity contribution in [3.63, 3.8) is 0 Å². The van der Waals surface area contributed by atoms with Crippen LogP contribution in [0.1, 0.15) is 25.7 Å². The summed E-state index contributed by atoms with van der Waals surface area (Å²) in [5.74, 6) is -0.0564. The minimum Gasteiger partial charge on any atom is -0.378 e. The second-order valence-corrected chi connectivity index (χ2v) is 5.66. The van der Waals surface area contributed by atoms with Crippen LogP contribution in [0.3, 0.4) is 0 Å². The summed E-state index contributed by atoms with van der Waals surface area (Å²) >= 11 is 6.03. The third-order valence-corrected chi connectivity index (χ3v) is 3.85. The summed E-state index contributed by atoms with van der Waals surface area (Å²) in [6.07, 6.45) is 6.51. The number of anilines is 1. The highest BCUT2D eigenvalue weighted by Gasteiger charge is 2.17. The number of carbonyl (C=O) groups is 1. The molecule has 1 aromatic heterocycles. The molecule has 0 bridgehead atoms. The summed E-state index contributed by atoms with van der Waals surface area (Å²) in [4.78, 5) is 16.1. The maximum atomic E-state index is 12.1. The van der Waals surface area contributed by atoms with Gasteiger partial charge in [0.25, 0.3) is 0 Å². The van der Waals surface area contributed by atoms with Crippen molar-refractivity contribution in [2.45, 2.75) is 31.8 Å². The number of halogens is 1. The maximum absolute atomic E-state index is 12.1. The molecular formula is C15H17ClN4O2. The highest BCUT2D eigenvalue weighted by Crippen LogP contribution is 2.24. The Balaban J connectivity index is 1.68. The number of benzene rings is 1. The average molecular weight is 321 g/mol. The van der Waals surface area contributed by atoms with Gasteiger partial charge in [-0.25, -0.2) is 9.67 Å². The summed E-state index contributed by atoms with van der Waals surface area (Å²) in [5, 5.41) is 7.53. The normalized spacial score (nSPS) is 17.6. The summed E-state index contributed by atoms with van der Waals surface area (Å²) in [6.45, 7) is 0.803. The van der Waals surface area contributed by atoms with Crippen LogP contribution < -0.4 is 5.32 Å². The van der Waals surface area contributed by atoms with E-state index in [2.05, 4.69) is 15.4 Å². The largest absolute Gasteiger partial charge is 0.378 e. The predicted octanol–water partition coefficient (Wildman–Crippen LogP) is 2.82. The number of nitrogens with one attached hydrogen (secondary N) is 1. The van der Waals surface area contributed by atoms with E-state index >= 15 is 0 Å². The lowest BCUT2D eigenvalue weighted by molar-refractivity contribution is -0.116. The average Bonchev–Trinajstić information content (AvgIpc) is 3.19. The lowest BCUT2D eigenvalue weighted by Crippen LogP contribution is -2.16. The van der Waals surface area contributed by atoms with Crippen molar-refractivity contribution in [2.24, 2.45) is 0 Å². The van der Waals surface area contributed by atoms with Gasteiger partial charge in [0.2, 0.25) is 5.91 Å². The van der Waals surface area contributed by atoms with E-state index < -0.39 is 0 Å². The first-order valence-electron chi connectivity index (χ1n) is 7.28. The fourth-order valence-corrected chi connectivity index (χ4v) is 2.69. The lowest BCUT2D eigenvalue weighted by atomic mass is 10.1. The van der Waals surface area contributed by atoms with E-state index in [0.29, 0.717) is 17.1 Å². The maximum Gasteiger partial charge on any atom is 0.224 e. The van der Waals surface area contributed by atoms with E-state index in [9.17, 15) is 4.79 Å². The van der Waals surface area contributed by atoms with Crippen LogP contribution in [-0.2, 0) is 9.53 Å². The minimum absolute atomic E-state index is 0.0564. The number of hydrogen-bond acceptors (Lipinski definition) is 4. The Morgan fingerprint density at radius 1 is 1.50 bits per heavy atom. The quantitative estimate of drug-likeness (QED) is 0.919. The topological polar surface area (TPSA) is 69.0 Å². The van der Waals surface area contributed by atoms with Gasteiger partial charge in [-0.3, -0.25) is 4.79 Å². The molecule has 1 atom stereocenters. The summed E-state index contributed by atoms with van der Waals surface area (Å²) < 4.78 is 7.12. The van der Waals surface area contributed by atoms with E-state index in [-0.39, 0.29) is 12.0 Å². The van der Waals surface area contributed by atoms with Crippen molar-refractivity contribution < 1.29 is 9.53 Å². The van der Waals surface area contributed by atoms with Gasteiger partial charge < -0.3 is 10.1 Å². The highest BCUT2D eigenvalue weighted by atomic mass is 35.5. The number of carbonyl (C=O) groups excluding carboxylic acids is 1.